The lowest BCUT2D eigenvalue weighted by molar-refractivity contribution is 0.183. The van der Waals surface area contributed by atoms with Crippen LogP contribution in [0.15, 0.2) is 12.1 Å². The Morgan fingerprint density at radius 1 is 1.38 bits per heavy atom. The Kier molecular flexibility index (Phi) is 4.86. The number of nitrogens with two attached hydrogens (primary N) is 1. The van der Waals surface area contributed by atoms with E-state index >= 15 is 0 Å². The second-order valence-electron chi connectivity index (χ2n) is 3.37. The van der Waals surface area contributed by atoms with Crippen LogP contribution in [0, 0.1) is 0 Å². The molecule has 0 aromatic heterocycles. The third-order valence-electron chi connectivity index (χ3n) is 2.29. The zero-order valence-electron chi connectivity index (χ0n) is 9.37. The van der Waals surface area contributed by atoms with Gasteiger partial charge in [0.1, 0.15) is 0 Å². The summed E-state index contributed by atoms with van der Waals surface area (Å²) in [5, 5.41) is 9.92. The van der Waals surface area contributed by atoms with Crippen molar-refractivity contribution in [3.05, 3.63) is 22.7 Å². The fourth-order valence-corrected chi connectivity index (χ4v) is 1.74. The number of halogens is 1. The molecule has 1 rings (SSSR count). The van der Waals surface area contributed by atoms with E-state index in [0.717, 1.165) is 5.56 Å². The highest BCUT2D eigenvalue weighted by atomic mass is 35.5. The van der Waals surface area contributed by atoms with Crippen LogP contribution in [0.25, 0.3) is 0 Å². The maximum Gasteiger partial charge on any atom is 0.179 e. The van der Waals surface area contributed by atoms with Crippen LogP contribution < -0.4 is 15.2 Å². The van der Waals surface area contributed by atoms with Crippen molar-refractivity contribution in [1.82, 2.24) is 0 Å². The highest BCUT2D eigenvalue weighted by molar-refractivity contribution is 6.33. The zero-order chi connectivity index (χ0) is 12.1. The number of methoxy groups -OCH3 is 2. The van der Waals surface area contributed by atoms with Crippen LogP contribution in [0.3, 0.4) is 0 Å². The van der Waals surface area contributed by atoms with Gasteiger partial charge in [0, 0.05) is 13.0 Å². The van der Waals surface area contributed by atoms with Crippen molar-refractivity contribution in [2.45, 2.75) is 12.5 Å². The summed E-state index contributed by atoms with van der Waals surface area (Å²) in [5.74, 6) is 1.05. The molecule has 1 aromatic rings. The Hall–Kier alpha value is -0.970. The molecule has 0 heterocycles. The Balaban J connectivity index is 3.04. The summed E-state index contributed by atoms with van der Waals surface area (Å²) < 4.78 is 10.3. The van der Waals surface area contributed by atoms with Crippen LogP contribution in [0.2, 0.25) is 5.02 Å². The molecule has 1 unspecified atom stereocenters. The molecule has 90 valence electrons. The summed E-state index contributed by atoms with van der Waals surface area (Å²) in [6.45, 7) is 0.199. The summed E-state index contributed by atoms with van der Waals surface area (Å²) in [7, 11) is 3.06. The molecule has 0 saturated heterocycles. The lowest BCUT2D eigenvalue weighted by atomic mass is 10.1. The molecule has 5 heteroatoms. The van der Waals surface area contributed by atoms with E-state index in [1.807, 2.05) is 0 Å². The number of aliphatic hydroxyl groups is 1. The first-order chi connectivity index (χ1) is 7.63. The minimum Gasteiger partial charge on any atom is -0.493 e. The second-order valence-corrected chi connectivity index (χ2v) is 3.75. The molecule has 0 bridgehead atoms. The van der Waals surface area contributed by atoms with E-state index in [1.54, 1.807) is 19.2 Å². The number of hydrogen-bond donors (Lipinski definition) is 2. The van der Waals surface area contributed by atoms with Gasteiger partial charge in [-0.3, -0.25) is 0 Å². The lowest BCUT2D eigenvalue weighted by Gasteiger charge is -2.14. The van der Waals surface area contributed by atoms with Gasteiger partial charge in [-0.1, -0.05) is 17.7 Å². The van der Waals surface area contributed by atoms with E-state index in [1.165, 1.54) is 7.11 Å². The smallest absolute Gasteiger partial charge is 0.179 e. The molecular weight excluding hydrogens is 230 g/mol. The van der Waals surface area contributed by atoms with Crippen LogP contribution >= 0.6 is 11.6 Å². The van der Waals surface area contributed by atoms with Crippen LogP contribution in [0.5, 0.6) is 11.5 Å². The average Bonchev–Trinajstić information content (AvgIpc) is 2.31. The Morgan fingerprint density at radius 3 is 2.56 bits per heavy atom. The van der Waals surface area contributed by atoms with E-state index in [-0.39, 0.29) is 6.54 Å². The highest BCUT2D eigenvalue weighted by Crippen LogP contribution is 2.37. The lowest BCUT2D eigenvalue weighted by Crippen LogP contribution is -2.22. The van der Waals surface area contributed by atoms with Crippen LogP contribution in [0.4, 0.5) is 0 Å². The van der Waals surface area contributed by atoms with Crippen molar-refractivity contribution < 1.29 is 14.6 Å². The van der Waals surface area contributed by atoms with E-state index in [2.05, 4.69) is 0 Å². The molecule has 1 atom stereocenters. The number of hydrogen-bond acceptors (Lipinski definition) is 4. The van der Waals surface area contributed by atoms with E-state index in [0.29, 0.717) is 22.9 Å². The summed E-state index contributed by atoms with van der Waals surface area (Å²) in [6.07, 6.45) is -0.203. The molecule has 3 N–H and O–H groups in total. The largest absolute Gasteiger partial charge is 0.493 e. The predicted octanol–water partition coefficient (Wildman–Crippen LogP) is 1.22. The maximum absolute atomic E-state index is 9.47. The van der Waals surface area contributed by atoms with Gasteiger partial charge >= 0.3 is 0 Å². The predicted molar refractivity (Wildman–Crippen MR) is 63.3 cm³/mol. The molecule has 0 aliphatic carbocycles. The van der Waals surface area contributed by atoms with Gasteiger partial charge in [0.25, 0.3) is 0 Å². The van der Waals surface area contributed by atoms with E-state index in [9.17, 15) is 5.11 Å². The molecule has 0 fully saturated rings. The van der Waals surface area contributed by atoms with Crippen LogP contribution in [0.1, 0.15) is 5.56 Å². The minimum atomic E-state index is -0.601. The molecule has 0 amide bonds. The molecule has 0 aliphatic rings. The summed E-state index contributed by atoms with van der Waals surface area (Å²) in [4.78, 5) is 0. The average molecular weight is 246 g/mol. The van der Waals surface area contributed by atoms with Crippen LogP contribution in [-0.4, -0.2) is 32.0 Å². The molecule has 0 aliphatic heterocycles. The third-order valence-corrected chi connectivity index (χ3v) is 2.71. The molecule has 0 spiro atoms. The third kappa shape index (κ3) is 2.78. The number of rotatable bonds is 5. The number of ether oxygens (including phenoxy) is 2. The normalized spacial score (nSPS) is 12.3. The van der Waals surface area contributed by atoms with Crippen molar-refractivity contribution in [1.29, 1.82) is 0 Å². The van der Waals surface area contributed by atoms with Gasteiger partial charge < -0.3 is 20.3 Å². The summed E-state index contributed by atoms with van der Waals surface area (Å²) >= 11 is 6.14. The first kappa shape index (κ1) is 13.1. The van der Waals surface area contributed by atoms with Crippen LogP contribution in [-0.2, 0) is 6.42 Å². The number of aliphatic hydroxyl groups excluding tert-OH is 1. The van der Waals surface area contributed by atoms with Gasteiger partial charge in [-0.05, 0) is 11.6 Å². The van der Waals surface area contributed by atoms with E-state index in [4.69, 9.17) is 26.8 Å². The monoisotopic (exact) mass is 245 g/mol. The summed E-state index contributed by atoms with van der Waals surface area (Å²) in [6, 6.07) is 3.55. The van der Waals surface area contributed by atoms with Gasteiger partial charge in [-0.15, -0.1) is 0 Å². The molecule has 16 heavy (non-hydrogen) atoms. The van der Waals surface area contributed by atoms with Gasteiger partial charge in [0.2, 0.25) is 0 Å². The standard InChI is InChI=1S/C11H16ClNO3/c1-15-9-4-3-7(5-8(14)6-13)10(12)11(9)16-2/h3-4,8,14H,5-6,13H2,1-2H3. The minimum absolute atomic E-state index is 0.199. The Bertz CT molecular complexity index is 357. The second kappa shape index (κ2) is 5.94. The van der Waals surface area contributed by atoms with Crippen molar-refractivity contribution in [3.63, 3.8) is 0 Å². The maximum atomic E-state index is 9.47. The van der Waals surface area contributed by atoms with Gasteiger partial charge in [-0.2, -0.15) is 0 Å². The Morgan fingerprint density at radius 2 is 2.06 bits per heavy atom. The van der Waals surface area contributed by atoms with Gasteiger partial charge in [0.05, 0.1) is 25.3 Å². The van der Waals surface area contributed by atoms with Crippen molar-refractivity contribution in [2.24, 2.45) is 5.73 Å². The SMILES string of the molecule is COc1ccc(CC(O)CN)c(Cl)c1OC. The quantitative estimate of drug-likeness (QED) is 0.819. The van der Waals surface area contributed by atoms with Crippen molar-refractivity contribution in [2.75, 3.05) is 20.8 Å². The fraction of sp³-hybridized carbons (Fsp3) is 0.455. The molecule has 0 radical (unpaired) electrons. The van der Waals surface area contributed by atoms with Crippen molar-refractivity contribution >= 4 is 11.6 Å². The number of benzene rings is 1. The molecule has 4 nitrogen and oxygen atoms in total. The molecule has 0 saturated carbocycles. The van der Waals surface area contributed by atoms with Gasteiger partial charge in [0.15, 0.2) is 11.5 Å². The topological polar surface area (TPSA) is 64.7 Å². The molecule has 1 aromatic carbocycles. The first-order valence-corrected chi connectivity index (χ1v) is 5.29. The van der Waals surface area contributed by atoms with Crippen molar-refractivity contribution in [3.8, 4) is 11.5 Å². The summed E-state index contributed by atoms with van der Waals surface area (Å²) in [5.41, 5.74) is 6.14. The highest BCUT2D eigenvalue weighted by Gasteiger charge is 2.14. The fourth-order valence-electron chi connectivity index (χ4n) is 1.42. The molecular formula is C11H16ClNO3. The first-order valence-electron chi connectivity index (χ1n) is 4.91. The van der Waals surface area contributed by atoms with Gasteiger partial charge in [-0.25, -0.2) is 0 Å². The zero-order valence-corrected chi connectivity index (χ0v) is 10.1. The van der Waals surface area contributed by atoms with E-state index < -0.39 is 6.10 Å². The Labute approximate surface area is 99.9 Å².